The maximum atomic E-state index is 11.5. The Hall–Kier alpha value is -1.88. The number of benzene rings is 1. The summed E-state index contributed by atoms with van der Waals surface area (Å²) in [6, 6.07) is 9.07. The third-order valence-corrected chi connectivity index (χ3v) is 2.62. The molecule has 1 saturated heterocycles. The summed E-state index contributed by atoms with van der Waals surface area (Å²) in [7, 11) is 0. The number of carbonyl (C=O) groups excluding carboxylic acids is 2. The predicted octanol–water partition coefficient (Wildman–Crippen LogP) is 0.635. The molecule has 1 aliphatic rings. The van der Waals surface area contributed by atoms with Crippen molar-refractivity contribution in [3.05, 3.63) is 35.9 Å². The molecule has 5 nitrogen and oxygen atoms in total. The number of hydrogen-bond donors (Lipinski definition) is 1. The lowest BCUT2D eigenvalue weighted by Gasteiger charge is -2.09. The van der Waals surface area contributed by atoms with Gasteiger partial charge in [-0.25, -0.2) is 4.79 Å². The first-order valence-corrected chi connectivity index (χ1v) is 5.83. The Morgan fingerprint density at radius 3 is 2.83 bits per heavy atom. The molecule has 1 atom stereocenters. The van der Waals surface area contributed by atoms with Crippen LogP contribution in [0.4, 0.5) is 0 Å². The van der Waals surface area contributed by atoms with E-state index < -0.39 is 6.04 Å². The second kappa shape index (κ2) is 6.16. The average molecular weight is 249 g/mol. The van der Waals surface area contributed by atoms with E-state index in [0.29, 0.717) is 19.6 Å². The van der Waals surface area contributed by atoms with Crippen molar-refractivity contribution in [1.29, 1.82) is 0 Å². The molecule has 1 unspecified atom stereocenters. The number of cyclic esters (lactones) is 1. The molecule has 96 valence electrons. The van der Waals surface area contributed by atoms with E-state index in [1.807, 2.05) is 30.3 Å². The highest BCUT2D eigenvalue weighted by molar-refractivity contribution is 5.85. The Labute approximate surface area is 105 Å². The van der Waals surface area contributed by atoms with Gasteiger partial charge in [-0.15, -0.1) is 0 Å². The zero-order chi connectivity index (χ0) is 12.8. The minimum absolute atomic E-state index is 0.0569. The number of hydrogen-bond acceptors (Lipinski definition) is 4. The maximum absolute atomic E-state index is 11.5. The molecule has 1 amide bonds. The van der Waals surface area contributed by atoms with Crippen LogP contribution < -0.4 is 5.32 Å². The number of rotatable bonds is 5. The molecule has 1 aromatic carbocycles. The van der Waals surface area contributed by atoms with Crippen molar-refractivity contribution in [2.75, 3.05) is 13.2 Å². The van der Waals surface area contributed by atoms with Crippen LogP contribution in [0.25, 0.3) is 0 Å². The molecule has 5 heteroatoms. The molecule has 1 N–H and O–H groups in total. The maximum Gasteiger partial charge on any atom is 0.328 e. The fraction of sp³-hybridized carbons (Fsp3) is 0.385. The second-order valence-corrected chi connectivity index (χ2v) is 4.05. The SMILES string of the molecule is O=C(COCc1ccccc1)NC1CCOC1=O. The average Bonchev–Trinajstić information content (AvgIpc) is 2.76. The Bertz CT molecular complexity index is 418. The normalized spacial score (nSPS) is 18.4. The van der Waals surface area contributed by atoms with Gasteiger partial charge in [0.2, 0.25) is 5.91 Å². The molecule has 1 aromatic rings. The molecule has 1 aliphatic heterocycles. The summed E-state index contributed by atoms with van der Waals surface area (Å²) in [5.41, 5.74) is 1.01. The fourth-order valence-corrected chi connectivity index (χ4v) is 1.70. The lowest BCUT2D eigenvalue weighted by Crippen LogP contribution is -2.39. The molecular formula is C13H15NO4. The number of esters is 1. The molecule has 0 saturated carbocycles. The summed E-state index contributed by atoms with van der Waals surface area (Å²) < 4.78 is 10.0. The molecule has 0 bridgehead atoms. The van der Waals surface area contributed by atoms with Crippen molar-refractivity contribution < 1.29 is 19.1 Å². The zero-order valence-electron chi connectivity index (χ0n) is 9.93. The van der Waals surface area contributed by atoms with Crippen molar-refractivity contribution in [1.82, 2.24) is 5.32 Å². The van der Waals surface area contributed by atoms with Crippen LogP contribution in [0.3, 0.4) is 0 Å². The molecule has 2 rings (SSSR count). The summed E-state index contributed by atoms with van der Waals surface area (Å²) in [5, 5.41) is 2.58. The van der Waals surface area contributed by atoms with E-state index in [2.05, 4.69) is 5.32 Å². The van der Waals surface area contributed by atoms with Crippen LogP contribution in [-0.4, -0.2) is 31.1 Å². The van der Waals surface area contributed by atoms with Crippen LogP contribution in [0.15, 0.2) is 30.3 Å². The smallest absolute Gasteiger partial charge is 0.328 e. The number of ether oxygens (including phenoxy) is 2. The molecule has 0 aromatic heterocycles. The van der Waals surface area contributed by atoms with Crippen molar-refractivity contribution in [2.45, 2.75) is 19.1 Å². The van der Waals surface area contributed by atoms with Gasteiger partial charge in [0.15, 0.2) is 0 Å². The van der Waals surface area contributed by atoms with E-state index in [0.717, 1.165) is 5.56 Å². The van der Waals surface area contributed by atoms with Crippen LogP contribution in [0.2, 0.25) is 0 Å². The summed E-state index contributed by atoms with van der Waals surface area (Å²) in [4.78, 5) is 22.6. The Kier molecular flexibility index (Phi) is 4.30. The van der Waals surface area contributed by atoms with Crippen LogP contribution in [0.1, 0.15) is 12.0 Å². The van der Waals surface area contributed by atoms with Crippen LogP contribution >= 0.6 is 0 Å². The standard InChI is InChI=1S/C13H15NO4/c15-12(14-11-6-7-18-13(11)16)9-17-8-10-4-2-1-3-5-10/h1-5,11H,6-9H2,(H,14,15). The van der Waals surface area contributed by atoms with Gasteiger partial charge >= 0.3 is 5.97 Å². The summed E-state index contributed by atoms with van der Waals surface area (Å²) >= 11 is 0. The highest BCUT2D eigenvalue weighted by Crippen LogP contribution is 2.05. The van der Waals surface area contributed by atoms with Crippen molar-refractivity contribution >= 4 is 11.9 Å². The zero-order valence-corrected chi connectivity index (χ0v) is 9.93. The molecule has 0 radical (unpaired) electrons. The summed E-state index contributed by atoms with van der Waals surface area (Å²) in [5.74, 6) is -0.666. The van der Waals surface area contributed by atoms with E-state index in [1.165, 1.54) is 0 Å². The third-order valence-electron chi connectivity index (χ3n) is 2.62. The van der Waals surface area contributed by atoms with Crippen molar-refractivity contribution in [3.8, 4) is 0 Å². The van der Waals surface area contributed by atoms with Gasteiger partial charge in [-0.05, 0) is 5.56 Å². The van der Waals surface area contributed by atoms with Gasteiger partial charge in [0, 0.05) is 6.42 Å². The Morgan fingerprint density at radius 1 is 1.39 bits per heavy atom. The lowest BCUT2D eigenvalue weighted by molar-refractivity contribution is -0.142. The molecule has 0 aliphatic carbocycles. The minimum Gasteiger partial charge on any atom is -0.464 e. The van der Waals surface area contributed by atoms with Gasteiger partial charge in [0.1, 0.15) is 12.6 Å². The van der Waals surface area contributed by atoms with Crippen LogP contribution in [0.5, 0.6) is 0 Å². The van der Waals surface area contributed by atoms with Gasteiger partial charge in [-0.3, -0.25) is 4.79 Å². The van der Waals surface area contributed by atoms with E-state index in [1.54, 1.807) is 0 Å². The first kappa shape index (κ1) is 12.6. The number of carbonyl (C=O) groups is 2. The van der Waals surface area contributed by atoms with Gasteiger partial charge < -0.3 is 14.8 Å². The lowest BCUT2D eigenvalue weighted by atomic mass is 10.2. The van der Waals surface area contributed by atoms with E-state index >= 15 is 0 Å². The predicted molar refractivity (Wildman–Crippen MR) is 63.6 cm³/mol. The Balaban J connectivity index is 1.67. The van der Waals surface area contributed by atoms with Gasteiger partial charge in [0.05, 0.1) is 13.2 Å². The molecule has 1 heterocycles. The number of nitrogens with one attached hydrogen (secondary N) is 1. The van der Waals surface area contributed by atoms with Crippen LogP contribution in [-0.2, 0) is 25.7 Å². The largest absolute Gasteiger partial charge is 0.464 e. The van der Waals surface area contributed by atoms with Crippen molar-refractivity contribution in [2.24, 2.45) is 0 Å². The van der Waals surface area contributed by atoms with Gasteiger partial charge in [0.25, 0.3) is 0 Å². The van der Waals surface area contributed by atoms with Crippen molar-refractivity contribution in [3.63, 3.8) is 0 Å². The molecular weight excluding hydrogens is 234 g/mol. The minimum atomic E-state index is -0.516. The van der Waals surface area contributed by atoms with Gasteiger partial charge in [-0.1, -0.05) is 30.3 Å². The first-order chi connectivity index (χ1) is 8.75. The molecule has 18 heavy (non-hydrogen) atoms. The first-order valence-electron chi connectivity index (χ1n) is 5.83. The topological polar surface area (TPSA) is 64.6 Å². The monoisotopic (exact) mass is 249 g/mol. The summed E-state index contributed by atoms with van der Waals surface area (Å²) in [6.07, 6.45) is 0.531. The van der Waals surface area contributed by atoms with E-state index in [9.17, 15) is 9.59 Å². The van der Waals surface area contributed by atoms with Crippen LogP contribution in [0, 0.1) is 0 Å². The van der Waals surface area contributed by atoms with E-state index in [-0.39, 0.29) is 18.5 Å². The Morgan fingerprint density at radius 2 is 2.17 bits per heavy atom. The third kappa shape index (κ3) is 3.56. The second-order valence-electron chi connectivity index (χ2n) is 4.05. The fourth-order valence-electron chi connectivity index (χ4n) is 1.70. The highest BCUT2D eigenvalue weighted by Gasteiger charge is 2.27. The number of amides is 1. The van der Waals surface area contributed by atoms with Gasteiger partial charge in [-0.2, -0.15) is 0 Å². The molecule has 1 fully saturated rings. The molecule has 0 spiro atoms. The van der Waals surface area contributed by atoms with E-state index in [4.69, 9.17) is 9.47 Å². The quantitative estimate of drug-likeness (QED) is 0.778. The summed E-state index contributed by atoms with van der Waals surface area (Å²) in [6.45, 7) is 0.691. The highest BCUT2D eigenvalue weighted by atomic mass is 16.5.